The van der Waals surface area contributed by atoms with Crippen molar-refractivity contribution in [3.63, 3.8) is 0 Å². The lowest BCUT2D eigenvalue weighted by molar-refractivity contribution is 0.660. The average Bonchev–Trinajstić information content (AvgIpc) is 3.87. The molecule has 0 amide bonds. The molecule has 0 fully saturated rings. The van der Waals surface area contributed by atoms with Crippen molar-refractivity contribution in [1.82, 2.24) is 4.57 Å². The Bertz CT molecular complexity index is 3400. The van der Waals surface area contributed by atoms with Gasteiger partial charge < -0.3 is 9.47 Å². The zero-order chi connectivity index (χ0) is 41.7. The lowest BCUT2D eigenvalue weighted by Crippen LogP contribution is -2.16. The van der Waals surface area contributed by atoms with Crippen LogP contribution in [0.3, 0.4) is 0 Å². The minimum atomic E-state index is -0.132. The summed E-state index contributed by atoms with van der Waals surface area (Å²) < 4.78 is 2.40. The molecule has 296 valence electrons. The van der Waals surface area contributed by atoms with Crippen molar-refractivity contribution in [2.45, 2.75) is 38.5 Å². The summed E-state index contributed by atoms with van der Waals surface area (Å²) in [6.07, 6.45) is 0. The van der Waals surface area contributed by atoms with Crippen molar-refractivity contribution >= 4 is 38.9 Å². The van der Waals surface area contributed by atoms with Crippen molar-refractivity contribution < 1.29 is 0 Å². The zero-order valence-corrected chi connectivity index (χ0v) is 35.5. The Hall–Kier alpha value is -7.42. The van der Waals surface area contributed by atoms with E-state index in [0.717, 1.165) is 17.1 Å². The van der Waals surface area contributed by atoms with Crippen LogP contribution in [0.15, 0.2) is 206 Å². The maximum atomic E-state index is 2.53. The molecule has 10 aromatic rings. The molecule has 9 aromatic carbocycles. The third kappa shape index (κ3) is 5.23. The van der Waals surface area contributed by atoms with Gasteiger partial charge in [-0.15, -0.1) is 0 Å². The topological polar surface area (TPSA) is 8.17 Å². The molecule has 1 heterocycles. The maximum absolute atomic E-state index is 2.53. The predicted octanol–water partition coefficient (Wildman–Crippen LogP) is 16.2. The molecule has 0 aliphatic heterocycles. The standard InChI is InChI=1S/C60H46N2/c1-59(2)49-25-12-8-22-47(49)57-46(24-16-27-51(57)59)44-21-11-15-30-54(44)61(55-31-17-28-52-58(55)48-23-9-13-26-50(48)60(52,3)4)42-35-32-39(33-36-42)40-34-37-45-43-20-10-14-29-53(43)62(56(45)38-40)41-18-6-5-7-19-41/h5-38H,1-4H3. The zero-order valence-electron chi connectivity index (χ0n) is 35.5. The number of fused-ring (bicyclic) bond motifs is 9. The molecule has 1 aromatic heterocycles. The fourth-order valence-corrected chi connectivity index (χ4v) is 11.0. The monoisotopic (exact) mass is 794 g/mol. The second-order valence-corrected chi connectivity index (χ2v) is 18.1. The van der Waals surface area contributed by atoms with Gasteiger partial charge in [-0.3, -0.25) is 0 Å². The average molecular weight is 795 g/mol. The largest absolute Gasteiger partial charge is 0.309 e. The van der Waals surface area contributed by atoms with Gasteiger partial charge in [0.1, 0.15) is 0 Å². The van der Waals surface area contributed by atoms with Crippen LogP contribution in [0.25, 0.3) is 72.0 Å². The molecule has 0 saturated carbocycles. The summed E-state index contributed by atoms with van der Waals surface area (Å²) >= 11 is 0. The minimum Gasteiger partial charge on any atom is -0.309 e. The van der Waals surface area contributed by atoms with Crippen molar-refractivity contribution in [1.29, 1.82) is 0 Å². The summed E-state index contributed by atoms with van der Waals surface area (Å²) in [5.41, 5.74) is 22.4. The Kier molecular flexibility index (Phi) is 7.96. The van der Waals surface area contributed by atoms with Gasteiger partial charge >= 0.3 is 0 Å². The highest BCUT2D eigenvalue weighted by molar-refractivity contribution is 6.10. The molecule has 0 N–H and O–H groups in total. The van der Waals surface area contributed by atoms with E-state index in [1.165, 1.54) is 94.3 Å². The number of rotatable bonds is 6. The molecular formula is C60H46N2. The quantitative estimate of drug-likeness (QED) is 0.163. The van der Waals surface area contributed by atoms with Crippen LogP contribution in [-0.2, 0) is 10.8 Å². The van der Waals surface area contributed by atoms with Gasteiger partial charge in [0, 0.05) is 44.1 Å². The first kappa shape index (κ1) is 36.4. The third-order valence-electron chi connectivity index (χ3n) is 14.0. The minimum absolute atomic E-state index is 0.0968. The summed E-state index contributed by atoms with van der Waals surface area (Å²) in [5.74, 6) is 0. The second kappa shape index (κ2) is 13.5. The van der Waals surface area contributed by atoms with Gasteiger partial charge in [0.25, 0.3) is 0 Å². The molecule has 62 heavy (non-hydrogen) atoms. The molecular weight excluding hydrogens is 749 g/mol. The summed E-state index contributed by atoms with van der Waals surface area (Å²) in [6.45, 7) is 9.48. The van der Waals surface area contributed by atoms with Crippen molar-refractivity contribution in [3.8, 4) is 50.2 Å². The molecule has 2 aliphatic carbocycles. The Balaban J connectivity index is 1.06. The number of nitrogens with zero attached hydrogens (tertiary/aromatic N) is 2. The predicted molar refractivity (Wildman–Crippen MR) is 261 cm³/mol. The molecule has 0 spiro atoms. The van der Waals surface area contributed by atoms with E-state index in [1.807, 2.05) is 0 Å². The first-order valence-electron chi connectivity index (χ1n) is 21.9. The molecule has 0 radical (unpaired) electrons. The van der Waals surface area contributed by atoms with E-state index in [-0.39, 0.29) is 10.8 Å². The van der Waals surface area contributed by atoms with Gasteiger partial charge in [0.2, 0.25) is 0 Å². The van der Waals surface area contributed by atoms with Crippen LogP contribution in [0, 0.1) is 0 Å². The fourth-order valence-electron chi connectivity index (χ4n) is 11.0. The number of aromatic nitrogens is 1. The first-order chi connectivity index (χ1) is 30.3. The van der Waals surface area contributed by atoms with Gasteiger partial charge in [-0.2, -0.15) is 0 Å². The van der Waals surface area contributed by atoms with Crippen molar-refractivity contribution in [3.05, 3.63) is 229 Å². The van der Waals surface area contributed by atoms with Gasteiger partial charge in [0.15, 0.2) is 0 Å². The van der Waals surface area contributed by atoms with Crippen LogP contribution in [0.4, 0.5) is 17.1 Å². The van der Waals surface area contributed by atoms with Crippen LogP contribution in [-0.4, -0.2) is 4.57 Å². The first-order valence-corrected chi connectivity index (χ1v) is 21.9. The third-order valence-corrected chi connectivity index (χ3v) is 14.0. The molecule has 0 atom stereocenters. The molecule has 2 nitrogen and oxygen atoms in total. The maximum Gasteiger partial charge on any atom is 0.0547 e. The number of benzene rings is 9. The van der Waals surface area contributed by atoms with Crippen LogP contribution in [0.1, 0.15) is 49.9 Å². The molecule has 2 heteroatoms. The number of hydrogen-bond acceptors (Lipinski definition) is 1. The number of anilines is 3. The van der Waals surface area contributed by atoms with Crippen LogP contribution < -0.4 is 4.90 Å². The summed E-state index contributed by atoms with van der Waals surface area (Å²) in [6, 6.07) is 76.5. The highest BCUT2D eigenvalue weighted by Crippen LogP contribution is 2.57. The lowest BCUT2D eigenvalue weighted by Gasteiger charge is -2.31. The van der Waals surface area contributed by atoms with Gasteiger partial charge in [-0.1, -0.05) is 185 Å². The lowest BCUT2D eigenvalue weighted by atomic mass is 9.82. The van der Waals surface area contributed by atoms with Crippen LogP contribution >= 0.6 is 0 Å². The van der Waals surface area contributed by atoms with Crippen LogP contribution in [0.2, 0.25) is 0 Å². The van der Waals surface area contributed by atoms with E-state index in [1.54, 1.807) is 0 Å². The van der Waals surface area contributed by atoms with Gasteiger partial charge in [-0.05, 0) is 104 Å². The Morgan fingerprint density at radius 3 is 1.61 bits per heavy atom. The second-order valence-electron chi connectivity index (χ2n) is 18.1. The van der Waals surface area contributed by atoms with Crippen LogP contribution in [0.5, 0.6) is 0 Å². The Morgan fingerprint density at radius 1 is 0.355 bits per heavy atom. The van der Waals surface area contributed by atoms with E-state index < -0.39 is 0 Å². The Labute approximate surface area is 364 Å². The molecule has 12 rings (SSSR count). The smallest absolute Gasteiger partial charge is 0.0547 e. The number of para-hydroxylation sites is 3. The van der Waals surface area contributed by atoms with Crippen molar-refractivity contribution in [2.24, 2.45) is 0 Å². The summed E-state index contributed by atoms with van der Waals surface area (Å²) in [4.78, 5) is 2.53. The van der Waals surface area contributed by atoms with E-state index >= 15 is 0 Å². The number of hydrogen-bond donors (Lipinski definition) is 0. The van der Waals surface area contributed by atoms with E-state index in [4.69, 9.17) is 0 Å². The SMILES string of the molecule is CC1(C)c2ccccc2-c2c(-c3ccccc3N(c3ccc(-c4ccc5c6ccccc6n(-c6ccccc6)c5c4)cc3)c3cccc4c3-c3ccccc3C4(C)C)cccc21. The highest BCUT2D eigenvalue weighted by Gasteiger charge is 2.39. The van der Waals surface area contributed by atoms with E-state index in [0.29, 0.717) is 0 Å². The summed E-state index contributed by atoms with van der Waals surface area (Å²) in [7, 11) is 0. The van der Waals surface area contributed by atoms with Crippen molar-refractivity contribution in [2.75, 3.05) is 4.90 Å². The highest BCUT2D eigenvalue weighted by atomic mass is 15.1. The van der Waals surface area contributed by atoms with E-state index in [2.05, 4.69) is 243 Å². The molecule has 0 saturated heterocycles. The molecule has 0 unspecified atom stereocenters. The van der Waals surface area contributed by atoms with Gasteiger partial charge in [-0.25, -0.2) is 0 Å². The normalized spacial score (nSPS) is 14.1. The Morgan fingerprint density at radius 2 is 0.871 bits per heavy atom. The summed E-state index contributed by atoms with van der Waals surface area (Å²) in [5, 5.41) is 2.52. The molecule has 0 bridgehead atoms. The fraction of sp³-hybridized carbons (Fsp3) is 0.100. The molecule has 2 aliphatic rings. The van der Waals surface area contributed by atoms with Gasteiger partial charge in [0.05, 0.1) is 22.4 Å². The van der Waals surface area contributed by atoms with E-state index in [9.17, 15) is 0 Å².